The molecule has 0 saturated heterocycles. The number of halogens is 5. The Morgan fingerprint density at radius 1 is 0.696 bits per heavy atom. The van der Waals surface area contributed by atoms with Gasteiger partial charge < -0.3 is 10.6 Å². The normalized spacial score (nSPS) is 11.5. The van der Waals surface area contributed by atoms with Crippen LogP contribution in [0.5, 0.6) is 0 Å². The molecule has 0 saturated carbocycles. The van der Waals surface area contributed by atoms with Gasteiger partial charge in [0, 0.05) is 23.1 Å². The highest BCUT2D eigenvalue weighted by molar-refractivity contribution is 7.89. The van der Waals surface area contributed by atoms with Crippen molar-refractivity contribution >= 4 is 54.8 Å². The fraction of sp³-hybridized carbons (Fsp3) is 0.0857. The van der Waals surface area contributed by atoms with Crippen LogP contribution in [-0.2, 0) is 42.5 Å². The third kappa shape index (κ3) is 10.6. The maximum Gasteiger partial charge on any atom is 0.264 e. The van der Waals surface area contributed by atoms with Gasteiger partial charge in [-0.05, 0) is 53.6 Å². The molecule has 6 rings (SSSR count). The number of hydrogen-bond donors (Lipinski definition) is 4. The van der Waals surface area contributed by atoms with Gasteiger partial charge in [0.15, 0.2) is 5.82 Å². The zero-order valence-corrected chi connectivity index (χ0v) is 30.9. The molecule has 0 radical (unpaired) electrons. The van der Waals surface area contributed by atoms with Gasteiger partial charge in [0.25, 0.3) is 6.43 Å². The molecule has 2 aromatic heterocycles. The highest BCUT2D eigenvalue weighted by Crippen LogP contribution is 2.27. The summed E-state index contributed by atoms with van der Waals surface area (Å²) in [7, 11) is -8.35. The number of benzene rings is 4. The SMILES string of the molecule is NS(=O)(=O)c1cc(NC(=O)Cc2ccccc2C(F)F)ccc1-n1cc(F)cn1.NS(=O)(=O)c1cc(NC(=O)Cc2ccccc2F)ccc1-n1cc(Cl)cn1. The molecule has 6 N–H and O–H groups in total. The summed E-state index contributed by atoms with van der Waals surface area (Å²) in [6.07, 6.45) is 1.35. The van der Waals surface area contributed by atoms with E-state index >= 15 is 0 Å². The molecule has 0 fully saturated rings. The zero-order valence-electron chi connectivity index (χ0n) is 28.5. The largest absolute Gasteiger partial charge is 0.326 e. The van der Waals surface area contributed by atoms with Crippen LogP contribution in [0.2, 0.25) is 5.02 Å². The van der Waals surface area contributed by atoms with E-state index in [-0.39, 0.29) is 57.2 Å². The average molecular weight is 833 g/mol. The number of aromatic nitrogens is 4. The molecule has 0 aliphatic carbocycles. The Morgan fingerprint density at radius 2 is 1.18 bits per heavy atom. The first kappa shape index (κ1) is 41.2. The molecule has 292 valence electrons. The number of alkyl halides is 2. The third-order valence-corrected chi connectivity index (χ3v) is 9.72. The Labute approximate surface area is 321 Å². The molecular weight excluding hydrogens is 804 g/mol. The summed E-state index contributed by atoms with van der Waals surface area (Å²) in [5, 5.41) is 23.4. The summed E-state index contributed by atoms with van der Waals surface area (Å²) in [5.74, 6) is -2.31. The van der Waals surface area contributed by atoms with Crippen molar-refractivity contribution in [3.8, 4) is 11.4 Å². The molecule has 21 heteroatoms. The predicted molar refractivity (Wildman–Crippen MR) is 197 cm³/mol. The topological polar surface area (TPSA) is 214 Å². The number of rotatable bonds is 11. The molecule has 0 spiro atoms. The molecule has 56 heavy (non-hydrogen) atoms. The Kier molecular flexibility index (Phi) is 12.7. The molecule has 0 aliphatic rings. The summed E-state index contributed by atoms with van der Waals surface area (Å²) in [5.41, 5.74) is 0.546. The molecule has 0 bridgehead atoms. The van der Waals surface area contributed by atoms with Crippen LogP contribution in [0.25, 0.3) is 11.4 Å². The third-order valence-electron chi connectivity index (χ3n) is 7.65. The molecule has 14 nitrogen and oxygen atoms in total. The molecule has 4 aromatic carbocycles. The zero-order chi connectivity index (χ0) is 40.8. The second kappa shape index (κ2) is 17.3. The van der Waals surface area contributed by atoms with Crippen molar-refractivity contribution in [3.63, 3.8) is 0 Å². The summed E-state index contributed by atoms with van der Waals surface area (Å²) >= 11 is 5.82. The summed E-state index contributed by atoms with van der Waals surface area (Å²) < 4.78 is 103. The Balaban J connectivity index is 0.000000215. The van der Waals surface area contributed by atoms with Gasteiger partial charge in [-0.1, -0.05) is 54.1 Å². The predicted octanol–water partition coefficient (Wildman–Crippen LogP) is 5.27. The lowest BCUT2D eigenvalue weighted by Crippen LogP contribution is -2.18. The van der Waals surface area contributed by atoms with E-state index in [1.54, 1.807) is 6.07 Å². The van der Waals surface area contributed by atoms with Gasteiger partial charge >= 0.3 is 0 Å². The maximum atomic E-state index is 13.7. The quantitative estimate of drug-likeness (QED) is 0.126. The average Bonchev–Trinajstić information content (AvgIpc) is 3.76. The minimum absolute atomic E-state index is 0.0163. The molecule has 0 aliphatic heterocycles. The first-order chi connectivity index (χ1) is 26.4. The lowest BCUT2D eigenvalue weighted by molar-refractivity contribution is -0.116. The lowest BCUT2D eigenvalue weighted by atomic mass is 10.0. The number of anilines is 2. The number of nitrogens with one attached hydrogen (secondary N) is 2. The highest BCUT2D eigenvalue weighted by Gasteiger charge is 2.21. The van der Waals surface area contributed by atoms with Crippen LogP contribution in [0, 0.1) is 11.6 Å². The number of sulfonamides is 2. The second-order valence-electron chi connectivity index (χ2n) is 11.7. The summed E-state index contributed by atoms with van der Waals surface area (Å²) in [6.45, 7) is 0. The van der Waals surface area contributed by atoms with Crippen molar-refractivity contribution in [2.75, 3.05) is 10.6 Å². The van der Waals surface area contributed by atoms with Crippen LogP contribution < -0.4 is 20.9 Å². The highest BCUT2D eigenvalue weighted by atomic mass is 35.5. The lowest BCUT2D eigenvalue weighted by Gasteiger charge is -2.12. The fourth-order valence-electron chi connectivity index (χ4n) is 5.19. The molecule has 0 atom stereocenters. The smallest absolute Gasteiger partial charge is 0.264 e. The monoisotopic (exact) mass is 832 g/mol. The number of nitrogens with zero attached hydrogens (tertiary/aromatic N) is 4. The van der Waals surface area contributed by atoms with Crippen LogP contribution in [0.3, 0.4) is 0 Å². The van der Waals surface area contributed by atoms with Gasteiger partial charge in [0.2, 0.25) is 31.9 Å². The van der Waals surface area contributed by atoms with Crippen molar-refractivity contribution in [2.45, 2.75) is 29.1 Å². The molecule has 0 unspecified atom stereocenters. The number of nitrogens with two attached hydrogens (primary N) is 2. The molecule has 2 amide bonds. The second-order valence-corrected chi connectivity index (χ2v) is 15.2. The van der Waals surface area contributed by atoms with E-state index in [9.17, 15) is 44.0 Å². The van der Waals surface area contributed by atoms with Gasteiger partial charge in [-0.2, -0.15) is 10.2 Å². The van der Waals surface area contributed by atoms with E-state index in [1.165, 1.54) is 89.9 Å². The van der Waals surface area contributed by atoms with Crippen molar-refractivity contribution in [1.82, 2.24) is 19.6 Å². The van der Waals surface area contributed by atoms with Gasteiger partial charge in [-0.3, -0.25) is 9.59 Å². The van der Waals surface area contributed by atoms with Gasteiger partial charge in [0.05, 0.1) is 47.8 Å². The van der Waals surface area contributed by atoms with Crippen LogP contribution >= 0.6 is 11.6 Å². The first-order valence-electron chi connectivity index (χ1n) is 15.8. The maximum absolute atomic E-state index is 13.7. The summed E-state index contributed by atoms with van der Waals surface area (Å²) in [4.78, 5) is 23.8. The Bertz CT molecular complexity index is 2640. The number of hydrogen-bond acceptors (Lipinski definition) is 8. The van der Waals surface area contributed by atoms with E-state index in [4.69, 9.17) is 21.9 Å². The van der Waals surface area contributed by atoms with E-state index in [0.717, 1.165) is 23.1 Å². The standard InChI is InChI=1S/C18H15F3N4O3S.C17H14ClFN4O3S/c19-12-9-23-25(10-12)15-6-5-13(8-16(15)29(22,27)28)24-17(26)7-11-3-1-2-4-14(11)18(20)21;18-12-9-21-23(10-12)15-6-5-13(8-16(15)27(20,25)26)22-17(24)7-11-3-1-2-4-14(11)19/h1-6,8-10,18H,7H2,(H,24,26)(H2,22,27,28);1-6,8-10H,7H2,(H,22,24)(H2,20,25,26). The number of amides is 2. The first-order valence-corrected chi connectivity index (χ1v) is 19.3. The van der Waals surface area contributed by atoms with Gasteiger partial charge in [0.1, 0.15) is 15.6 Å². The van der Waals surface area contributed by atoms with Crippen molar-refractivity contribution in [1.29, 1.82) is 0 Å². The fourth-order valence-corrected chi connectivity index (χ4v) is 6.81. The number of primary sulfonamides is 2. The minimum Gasteiger partial charge on any atom is -0.326 e. The molecular formula is C35H29ClF4N8O6S2. The van der Waals surface area contributed by atoms with Crippen LogP contribution in [0.4, 0.5) is 28.9 Å². The van der Waals surface area contributed by atoms with Gasteiger partial charge in [-0.25, -0.2) is 54.0 Å². The van der Waals surface area contributed by atoms with Gasteiger partial charge in [-0.15, -0.1) is 0 Å². The summed E-state index contributed by atoms with van der Waals surface area (Å²) in [6, 6.07) is 19.4. The number of carbonyl (C=O) groups excluding carboxylic acids is 2. The van der Waals surface area contributed by atoms with E-state index in [0.29, 0.717) is 5.02 Å². The van der Waals surface area contributed by atoms with Crippen LogP contribution in [0.15, 0.2) is 120 Å². The van der Waals surface area contributed by atoms with Crippen LogP contribution in [-0.4, -0.2) is 48.2 Å². The minimum atomic E-state index is -4.24. The van der Waals surface area contributed by atoms with Crippen molar-refractivity contribution in [2.24, 2.45) is 10.3 Å². The Morgan fingerprint density at radius 3 is 1.64 bits per heavy atom. The molecule has 6 aromatic rings. The van der Waals surface area contributed by atoms with E-state index in [1.807, 2.05) is 0 Å². The van der Waals surface area contributed by atoms with Crippen LogP contribution in [0.1, 0.15) is 23.1 Å². The van der Waals surface area contributed by atoms with E-state index < -0.39 is 54.8 Å². The molecule has 2 heterocycles. The number of carbonyl (C=O) groups is 2. The van der Waals surface area contributed by atoms with Crippen molar-refractivity contribution < 1.29 is 44.0 Å². The van der Waals surface area contributed by atoms with Crippen molar-refractivity contribution in [3.05, 3.63) is 143 Å². The Hall–Kier alpha value is -5.93. The van der Waals surface area contributed by atoms with E-state index in [2.05, 4.69) is 20.8 Å².